The van der Waals surface area contributed by atoms with E-state index < -0.39 is 0 Å². The van der Waals surface area contributed by atoms with Crippen LogP contribution in [-0.2, 0) is 6.54 Å². The molecule has 2 N–H and O–H groups in total. The van der Waals surface area contributed by atoms with Gasteiger partial charge >= 0.3 is 0 Å². The van der Waals surface area contributed by atoms with Crippen molar-refractivity contribution in [2.45, 2.75) is 32.9 Å². The number of hydrogen-bond acceptors (Lipinski definition) is 2. The summed E-state index contributed by atoms with van der Waals surface area (Å²) in [6, 6.07) is 4.74. The van der Waals surface area contributed by atoms with Crippen LogP contribution in [0.5, 0.6) is 0 Å². The van der Waals surface area contributed by atoms with Gasteiger partial charge in [0.05, 0.1) is 12.2 Å². The fraction of sp³-hybridized carbons (Fsp3) is 0.467. The molecule has 2 aromatic rings. The molecule has 2 heterocycles. The largest absolute Gasteiger partial charge is 0.353 e. The lowest BCUT2D eigenvalue weighted by molar-refractivity contribution is 0.758. The summed E-state index contributed by atoms with van der Waals surface area (Å²) in [6.45, 7) is 5.01. The summed E-state index contributed by atoms with van der Waals surface area (Å²) in [5.41, 5.74) is 3.23. The van der Waals surface area contributed by atoms with Crippen molar-refractivity contribution in [1.29, 1.82) is 0 Å². The molecule has 0 radical (unpaired) electrons. The minimum absolute atomic E-state index is 0. The van der Waals surface area contributed by atoms with Crippen molar-refractivity contribution in [1.82, 2.24) is 20.0 Å². The van der Waals surface area contributed by atoms with Gasteiger partial charge in [-0.25, -0.2) is 4.98 Å². The Bertz CT molecular complexity index is 649. The molecule has 0 amide bonds. The van der Waals surface area contributed by atoms with Crippen LogP contribution in [0, 0.1) is 12.8 Å². The highest BCUT2D eigenvalue weighted by Crippen LogP contribution is 2.28. The van der Waals surface area contributed by atoms with Gasteiger partial charge < -0.3 is 15.0 Å². The predicted molar refractivity (Wildman–Crippen MR) is 96.2 cm³/mol. The number of nitrogens with zero attached hydrogens (tertiary/aromatic N) is 3. The third-order valence-corrected chi connectivity index (χ3v) is 3.76. The number of hydrogen-bond donors (Lipinski definition) is 2. The molecular formula is C15H22IN5. The van der Waals surface area contributed by atoms with Crippen molar-refractivity contribution in [3.63, 3.8) is 0 Å². The summed E-state index contributed by atoms with van der Waals surface area (Å²) in [5, 5.41) is 6.72. The van der Waals surface area contributed by atoms with Crippen molar-refractivity contribution in [2.24, 2.45) is 10.9 Å². The third-order valence-electron chi connectivity index (χ3n) is 3.76. The van der Waals surface area contributed by atoms with Crippen molar-refractivity contribution in [2.75, 3.05) is 7.05 Å². The highest BCUT2D eigenvalue weighted by atomic mass is 127. The van der Waals surface area contributed by atoms with Crippen LogP contribution in [0.25, 0.3) is 5.65 Å². The minimum Gasteiger partial charge on any atom is -0.353 e. The van der Waals surface area contributed by atoms with E-state index in [9.17, 15) is 0 Å². The summed E-state index contributed by atoms with van der Waals surface area (Å²) in [7, 11) is 1.80. The number of halogens is 1. The van der Waals surface area contributed by atoms with Crippen LogP contribution in [-0.4, -0.2) is 28.4 Å². The number of aliphatic imine (C=N–C) groups is 1. The van der Waals surface area contributed by atoms with Crippen LogP contribution in [0.2, 0.25) is 0 Å². The van der Waals surface area contributed by atoms with E-state index in [1.807, 2.05) is 10.6 Å². The van der Waals surface area contributed by atoms with Gasteiger partial charge in [0.15, 0.2) is 5.96 Å². The number of nitrogens with one attached hydrogen (secondary N) is 2. The van der Waals surface area contributed by atoms with Crippen LogP contribution in [0.4, 0.5) is 0 Å². The molecule has 0 bridgehead atoms. The molecule has 1 saturated carbocycles. The number of fused-ring (bicyclic) bond motifs is 1. The SMILES string of the molecule is CN=C(NCc1cn2ccc(C)cc2n1)NC1CC1C.I. The van der Waals surface area contributed by atoms with E-state index in [-0.39, 0.29) is 24.0 Å². The first-order valence-electron chi connectivity index (χ1n) is 7.07. The lowest BCUT2D eigenvalue weighted by Crippen LogP contribution is -2.38. The van der Waals surface area contributed by atoms with E-state index in [0.29, 0.717) is 12.6 Å². The zero-order chi connectivity index (χ0) is 14.1. The molecular weight excluding hydrogens is 377 g/mol. The summed E-state index contributed by atoms with van der Waals surface area (Å²) in [5.74, 6) is 1.61. The molecule has 6 heteroatoms. The van der Waals surface area contributed by atoms with Crippen LogP contribution in [0.1, 0.15) is 24.6 Å². The molecule has 0 aliphatic heterocycles. The Morgan fingerprint density at radius 1 is 1.52 bits per heavy atom. The van der Waals surface area contributed by atoms with Gasteiger partial charge in [0, 0.05) is 25.5 Å². The fourth-order valence-corrected chi connectivity index (χ4v) is 2.29. The topological polar surface area (TPSA) is 53.7 Å². The minimum atomic E-state index is 0. The zero-order valence-electron chi connectivity index (χ0n) is 12.6. The molecule has 3 rings (SSSR count). The quantitative estimate of drug-likeness (QED) is 0.473. The van der Waals surface area contributed by atoms with Gasteiger partial charge in [0.2, 0.25) is 0 Å². The van der Waals surface area contributed by atoms with Gasteiger partial charge in [-0.15, -0.1) is 24.0 Å². The predicted octanol–water partition coefficient (Wildman–Crippen LogP) is 2.33. The summed E-state index contributed by atoms with van der Waals surface area (Å²) in [6.07, 6.45) is 5.32. The van der Waals surface area contributed by atoms with Gasteiger partial charge in [-0.3, -0.25) is 4.99 Å². The average molecular weight is 399 g/mol. The number of guanidine groups is 1. The van der Waals surface area contributed by atoms with E-state index in [4.69, 9.17) is 0 Å². The molecule has 0 saturated heterocycles. The van der Waals surface area contributed by atoms with E-state index in [1.54, 1.807) is 7.05 Å². The Morgan fingerprint density at radius 2 is 2.29 bits per heavy atom. The molecule has 114 valence electrons. The molecule has 0 aromatic carbocycles. The Morgan fingerprint density at radius 3 is 2.95 bits per heavy atom. The van der Waals surface area contributed by atoms with Gasteiger partial charge in [-0.05, 0) is 37.0 Å². The lowest BCUT2D eigenvalue weighted by Gasteiger charge is -2.09. The van der Waals surface area contributed by atoms with E-state index in [1.165, 1.54) is 12.0 Å². The first-order valence-corrected chi connectivity index (χ1v) is 7.07. The Kier molecular flexibility index (Phi) is 5.08. The fourth-order valence-electron chi connectivity index (χ4n) is 2.29. The van der Waals surface area contributed by atoms with Gasteiger partial charge in [-0.2, -0.15) is 0 Å². The Hall–Kier alpha value is -1.31. The molecule has 2 atom stereocenters. The number of rotatable bonds is 3. The first kappa shape index (κ1) is 16.1. The molecule has 5 nitrogen and oxygen atoms in total. The molecule has 2 aromatic heterocycles. The maximum Gasteiger partial charge on any atom is 0.191 e. The Labute approximate surface area is 142 Å². The van der Waals surface area contributed by atoms with E-state index in [0.717, 1.165) is 23.2 Å². The van der Waals surface area contributed by atoms with Crippen molar-refractivity contribution < 1.29 is 0 Å². The van der Waals surface area contributed by atoms with Crippen molar-refractivity contribution in [3.05, 3.63) is 35.8 Å². The normalized spacial score (nSPS) is 21.0. The smallest absolute Gasteiger partial charge is 0.191 e. The third kappa shape index (κ3) is 3.87. The second-order valence-electron chi connectivity index (χ2n) is 5.59. The molecule has 0 spiro atoms. The molecule has 2 unspecified atom stereocenters. The van der Waals surface area contributed by atoms with Crippen LogP contribution < -0.4 is 10.6 Å². The number of aryl methyl sites for hydroxylation is 1. The first-order chi connectivity index (χ1) is 9.65. The standard InChI is InChI=1S/C15H21N5.HI/c1-10-4-5-20-9-12(18-14(20)6-10)8-17-15(16-3)19-13-7-11(13)2;/h4-6,9,11,13H,7-8H2,1-3H3,(H2,16,17,19);1H. The van der Waals surface area contributed by atoms with Crippen LogP contribution in [0.15, 0.2) is 29.5 Å². The number of pyridine rings is 1. The average Bonchev–Trinajstić information content (AvgIpc) is 2.97. The van der Waals surface area contributed by atoms with Gasteiger partial charge in [-0.1, -0.05) is 6.92 Å². The van der Waals surface area contributed by atoms with Crippen LogP contribution >= 0.6 is 24.0 Å². The lowest BCUT2D eigenvalue weighted by atomic mass is 10.3. The second-order valence-corrected chi connectivity index (χ2v) is 5.59. The summed E-state index contributed by atoms with van der Waals surface area (Å²) < 4.78 is 2.04. The molecule has 1 fully saturated rings. The monoisotopic (exact) mass is 399 g/mol. The highest BCUT2D eigenvalue weighted by molar-refractivity contribution is 14.0. The van der Waals surface area contributed by atoms with Crippen molar-refractivity contribution >= 4 is 35.6 Å². The summed E-state index contributed by atoms with van der Waals surface area (Å²) in [4.78, 5) is 8.85. The maximum absolute atomic E-state index is 4.61. The second kappa shape index (κ2) is 6.64. The summed E-state index contributed by atoms with van der Waals surface area (Å²) >= 11 is 0. The van der Waals surface area contributed by atoms with Gasteiger partial charge in [0.25, 0.3) is 0 Å². The maximum atomic E-state index is 4.61. The molecule has 1 aliphatic rings. The van der Waals surface area contributed by atoms with E-state index >= 15 is 0 Å². The molecule has 1 aliphatic carbocycles. The molecule has 21 heavy (non-hydrogen) atoms. The number of imidazole rings is 1. The van der Waals surface area contributed by atoms with E-state index in [2.05, 4.69) is 52.8 Å². The Balaban J connectivity index is 0.00000161. The zero-order valence-corrected chi connectivity index (χ0v) is 15.0. The number of aromatic nitrogens is 2. The van der Waals surface area contributed by atoms with Gasteiger partial charge in [0.1, 0.15) is 5.65 Å². The highest BCUT2D eigenvalue weighted by Gasteiger charge is 2.33. The van der Waals surface area contributed by atoms with Crippen molar-refractivity contribution in [3.8, 4) is 0 Å². The van der Waals surface area contributed by atoms with Crippen LogP contribution in [0.3, 0.4) is 0 Å².